The highest BCUT2D eigenvalue weighted by molar-refractivity contribution is 6.05. The number of hydrogen-bond acceptors (Lipinski definition) is 4. The van der Waals surface area contributed by atoms with Crippen molar-refractivity contribution in [3.8, 4) is 0 Å². The van der Waals surface area contributed by atoms with Crippen molar-refractivity contribution in [2.45, 2.75) is 26.4 Å². The summed E-state index contributed by atoms with van der Waals surface area (Å²) in [5, 5.41) is 0.975. The predicted octanol–water partition coefficient (Wildman–Crippen LogP) is 2.74. The number of benzene rings is 1. The summed E-state index contributed by atoms with van der Waals surface area (Å²) in [5.74, 6) is 0.815. The zero-order valence-electron chi connectivity index (χ0n) is 12.9. The summed E-state index contributed by atoms with van der Waals surface area (Å²) in [4.78, 5) is 28.0. The van der Waals surface area contributed by atoms with Crippen LogP contribution >= 0.6 is 0 Å². The molecule has 0 fully saturated rings. The number of rotatable bonds is 2. The molecule has 0 saturated heterocycles. The van der Waals surface area contributed by atoms with E-state index in [-0.39, 0.29) is 5.91 Å². The molecule has 1 aromatic carbocycles. The normalized spacial score (nSPS) is 13.3. The second-order valence-corrected chi connectivity index (χ2v) is 5.65. The molecule has 4 rings (SSSR count). The van der Waals surface area contributed by atoms with Gasteiger partial charge in [0.2, 0.25) is 0 Å². The van der Waals surface area contributed by atoms with Gasteiger partial charge >= 0.3 is 0 Å². The Morgan fingerprint density at radius 1 is 1.17 bits per heavy atom. The molecule has 0 radical (unpaired) electrons. The number of carbonyl (C=O) groups excluding carboxylic acids is 1. The zero-order chi connectivity index (χ0) is 15.8. The highest BCUT2D eigenvalue weighted by atomic mass is 16.2. The van der Waals surface area contributed by atoms with Crippen molar-refractivity contribution in [2.24, 2.45) is 0 Å². The van der Waals surface area contributed by atoms with E-state index in [1.54, 1.807) is 6.20 Å². The molecule has 5 heteroatoms. The summed E-state index contributed by atoms with van der Waals surface area (Å²) in [6.07, 6.45) is 4.36. The van der Waals surface area contributed by atoms with Gasteiger partial charge in [0.1, 0.15) is 5.82 Å². The molecular formula is C18H16N4O. The van der Waals surface area contributed by atoms with Crippen LogP contribution in [0.4, 0.5) is 0 Å². The van der Waals surface area contributed by atoms with Crippen molar-refractivity contribution < 1.29 is 4.79 Å². The van der Waals surface area contributed by atoms with Crippen LogP contribution in [-0.2, 0) is 19.5 Å². The van der Waals surface area contributed by atoms with Crippen molar-refractivity contribution in [2.75, 3.05) is 0 Å². The molecule has 1 aliphatic heterocycles. The van der Waals surface area contributed by atoms with Gasteiger partial charge in [0.15, 0.2) is 0 Å². The van der Waals surface area contributed by atoms with E-state index in [0.29, 0.717) is 18.7 Å². The van der Waals surface area contributed by atoms with E-state index in [1.807, 2.05) is 48.4 Å². The molecule has 2 aromatic heterocycles. The molecule has 1 aliphatic rings. The van der Waals surface area contributed by atoms with Crippen LogP contribution in [0.15, 0.2) is 42.7 Å². The van der Waals surface area contributed by atoms with Gasteiger partial charge in [0.05, 0.1) is 23.3 Å². The molecule has 0 aliphatic carbocycles. The van der Waals surface area contributed by atoms with Crippen LogP contribution in [0.5, 0.6) is 0 Å². The molecule has 3 heterocycles. The highest BCUT2D eigenvalue weighted by Gasteiger charge is 2.27. The average Bonchev–Trinajstić information content (AvgIpc) is 3.03. The molecule has 1 amide bonds. The third-order valence-corrected chi connectivity index (χ3v) is 4.17. The van der Waals surface area contributed by atoms with Gasteiger partial charge in [0, 0.05) is 36.3 Å². The highest BCUT2D eigenvalue weighted by Crippen LogP contribution is 2.25. The maximum atomic E-state index is 12.9. The fourth-order valence-corrected chi connectivity index (χ4v) is 2.96. The monoisotopic (exact) mass is 304 g/mol. The minimum Gasteiger partial charge on any atom is -0.328 e. The van der Waals surface area contributed by atoms with Crippen LogP contribution in [0.1, 0.15) is 34.4 Å². The second kappa shape index (κ2) is 5.43. The van der Waals surface area contributed by atoms with Gasteiger partial charge in [0.25, 0.3) is 5.91 Å². The summed E-state index contributed by atoms with van der Waals surface area (Å²) in [6.45, 7) is 3.12. The van der Waals surface area contributed by atoms with Gasteiger partial charge in [-0.3, -0.25) is 9.78 Å². The van der Waals surface area contributed by atoms with Crippen LogP contribution < -0.4 is 0 Å². The molecule has 23 heavy (non-hydrogen) atoms. The molecular weight excluding hydrogens is 288 g/mol. The third kappa shape index (κ3) is 2.34. The largest absolute Gasteiger partial charge is 0.328 e. The minimum absolute atomic E-state index is 0.00894. The van der Waals surface area contributed by atoms with Gasteiger partial charge in [-0.05, 0) is 12.1 Å². The predicted molar refractivity (Wildman–Crippen MR) is 86.7 cm³/mol. The zero-order valence-corrected chi connectivity index (χ0v) is 12.9. The first-order chi connectivity index (χ1) is 11.3. The Morgan fingerprint density at radius 2 is 2.04 bits per heavy atom. The number of aryl methyl sites for hydroxylation is 1. The lowest BCUT2D eigenvalue weighted by Crippen LogP contribution is -2.25. The Morgan fingerprint density at radius 3 is 2.91 bits per heavy atom. The van der Waals surface area contributed by atoms with Gasteiger partial charge in [-0.15, -0.1) is 0 Å². The van der Waals surface area contributed by atoms with Crippen LogP contribution in [0, 0.1) is 0 Å². The fourth-order valence-electron chi connectivity index (χ4n) is 2.96. The average molecular weight is 304 g/mol. The summed E-state index contributed by atoms with van der Waals surface area (Å²) in [6, 6.07) is 9.55. The lowest BCUT2D eigenvalue weighted by molar-refractivity contribution is 0.0752. The van der Waals surface area contributed by atoms with E-state index in [0.717, 1.165) is 34.4 Å². The maximum Gasteiger partial charge on any atom is 0.256 e. The Balaban J connectivity index is 1.68. The van der Waals surface area contributed by atoms with Crippen molar-refractivity contribution in [1.29, 1.82) is 0 Å². The summed E-state index contributed by atoms with van der Waals surface area (Å²) >= 11 is 0. The van der Waals surface area contributed by atoms with Crippen LogP contribution in [0.3, 0.4) is 0 Å². The second-order valence-electron chi connectivity index (χ2n) is 5.65. The summed E-state index contributed by atoms with van der Waals surface area (Å²) in [5.41, 5.74) is 3.37. The van der Waals surface area contributed by atoms with Gasteiger partial charge in [-0.25, -0.2) is 9.97 Å². The number of amides is 1. The number of nitrogens with zero attached hydrogens (tertiary/aromatic N) is 4. The van der Waals surface area contributed by atoms with Crippen molar-refractivity contribution in [3.63, 3.8) is 0 Å². The number of aromatic nitrogens is 3. The standard InChI is InChI=1S/C18H16N4O/c1-2-16-20-9-13-10-22(11-15(13)21-16)18(23)14-7-3-5-12-6-4-8-19-17(12)14/h3-9H,2,10-11H2,1H3. The lowest BCUT2D eigenvalue weighted by Gasteiger charge is -2.16. The van der Waals surface area contributed by atoms with E-state index >= 15 is 0 Å². The number of hydrogen-bond donors (Lipinski definition) is 0. The van der Waals surface area contributed by atoms with Crippen molar-refractivity contribution >= 4 is 16.8 Å². The Hall–Kier alpha value is -2.82. The van der Waals surface area contributed by atoms with Gasteiger partial charge in [-0.1, -0.05) is 25.1 Å². The molecule has 0 unspecified atom stereocenters. The van der Waals surface area contributed by atoms with E-state index in [4.69, 9.17) is 0 Å². The first-order valence-electron chi connectivity index (χ1n) is 7.73. The van der Waals surface area contributed by atoms with E-state index in [2.05, 4.69) is 15.0 Å². The number of carbonyl (C=O) groups is 1. The Bertz CT molecular complexity index is 901. The minimum atomic E-state index is -0.00894. The summed E-state index contributed by atoms with van der Waals surface area (Å²) < 4.78 is 0. The molecule has 0 N–H and O–H groups in total. The SMILES string of the molecule is CCc1ncc2c(n1)CN(C(=O)c1cccc3cccnc13)C2. The number of pyridine rings is 1. The quantitative estimate of drug-likeness (QED) is 0.730. The summed E-state index contributed by atoms with van der Waals surface area (Å²) in [7, 11) is 0. The van der Waals surface area contributed by atoms with Crippen LogP contribution in [0.2, 0.25) is 0 Å². The molecule has 5 nitrogen and oxygen atoms in total. The maximum absolute atomic E-state index is 12.9. The van der Waals surface area contributed by atoms with Gasteiger partial charge in [-0.2, -0.15) is 0 Å². The molecule has 3 aromatic rings. The smallest absolute Gasteiger partial charge is 0.256 e. The first kappa shape index (κ1) is 13.8. The lowest BCUT2D eigenvalue weighted by atomic mass is 10.1. The Kier molecular flexibility index (Phi) is 3.26. The van der Waals surface area contributed by atoms with E-state index in [9.17, 15) is 4.79 Å². The fraction of sp³-hybridized carbons (Fsp3) is 0.222. The molecule has 114 valence electrons. The van der Waals surface area contributed by atoms with Crippen LogP contribution in [-0.4, -0.2) is 25.8 Å². The number of fused-ring (bicyclic) bond motifs is 2. The van der Waals surface area contributed by atoms with E-state index < -0.39 is 0 Å². The van der Waals surface area contributed by atoms with Crippen molar-refractivity contribution in [3.05, 3.63) is 65.4 Å². The van der Waals surface area contributed by atoms with E-state index in [1.165, 1.54) is 0 Å². The topological polar surface area (TPSA) is 59.0 Å². The molecule has 0 atom stereocenters. The molecule has 0 bridgehead atoms. The molecule has 0 saturated carbocycles. The Labute approximate surface area is 134 Å². The van der Waals surface area contributed by atoms with Crippen LogP contribution in [0.25, 0.3) is 10.9 Å². The number of para-hydroxylation sites is 1. The first-order valence-corrected chi connectivity index (χ1v) is 7.73. The third-order valence-electron chi connectivity index (χ3n) is 4.17. The van der Waals surface area contributed by atoms with Crippen molar-refractivity contribution in [1.82, 2.24) is 19.9 Å². The van der Waals surface area contributed by atoms with Gasteiger partial charge < -0.3 is 4.90 Å². The molecule has 0 spiro atoms.